The molecule has 17 heavy (non-hydrogen) atoms. The van der Waals surface area contributed by atoms with Gasteiger partial charge in [-0.15, -0.1) is 0 Å². The zero-order valence-electron chi connectivity index (χ0n) is 9.67. The molecule has 0 radical (unpaired) electrons. The van der Waals surface area contributed by atoms with Crippen molar-refractivity contribution in [1.82, 2.24) is 4.90 Å². The highest BCUT2D eigenvalue weighted by atomic mass is 16.3. The van der Waals surface area contributed by atoms with Gasteiger partial charge in [0.15, 0.2) is 0 Å². The van der Waals surface area contributed by atoms with Crippen molar-refractivity contribution in [1.29, 1.82) is 0 Å². The number of carbonyl (C=O) groups is 1. The van der Waals surface area contributed by atoms with E-state index < -0.39 is 6.61 Å². The lowest BCUT2D eigenvalue weighted by atomic mass is 10.2. The van der Waals surface area contributed by atoms with E-state index in [1.165, 1.54) is 0 Å². The third kappa shape index (κ3) is 2.68. The van der Waals surface area contributed by atoms with Crippen molar-refractivity contribution >= 4 is 17.3 Å². The predicted octanol–water partition coefficient (Wildman–Crippen LogP) is -0.0903. The first kappa shape index (κ1) is 11.7. The number of hydrogen-bond donors (Lipinski definition) is 2. The zero-order valence-corrected chi connectivity index (χ0v) is 9.67. The topological polar surface area (TPSA) is 69.8 Å². The number of nitrogen functional groups attached to an aromatic ring is 1. The van der Waals surface area contributed by atoms with Crippen LogP contribution in [-0.4, -0.2) is 48.7 Å². The van der Waals surface area contributed by atoms with Crippen LogP contribution in [0.15, 0.2) is 24.3 Å². The van der Waals surface area contributed by atoms with Gasteiger partial charge in [-0.3, -0.25) is 4.79 Å². The van der Waals surface area contributed by atoms with E-state index in [2.05, 4.69) is 4.90 Å². The number of benzene rings is 1. The lowest BCUT2D eigenvalue weighted by Crippen LogP contribution is -2.49. The Morgan fingerprint density at radius 3 is 2.29 bits per heavy atom. The quantitative estimate of drug-likeness (QED) is 0.703. The Labute approximate surface area is 100 Å². The van der Waals surface area contributed by atoms with Gasteiger partial charge in [-0.1, -0.05) is 0 Å². The Morgan fingerprint density at radius 2 is 1.76 bits per heavy atom. The highest BCUT2D eigenvalue weighted by Crippen LogP contribution is 2.17. The van der Waals surface area contributed by atoms with Gasteiger partial charge in [0.05, 0.1) is 0 Å². The minimum atomic E-state index is -0.401. The summed E-state index contributed by atoms with van der Waals surface area (Å²) in [4.78, 5) is 15.2. The van der Waals surface area contributed by atoms with E-state index in [9.17, 15) is 4.79 Å². The second-order valence-electron chi connectivity index (χ2n) is 4.12. The molecule has 0 saturated carbocycles. The molecule has 92 valence electrons. The molecular formula is C12H17N3O2. The Bertz CT molecular complexity index is 383. The molecule has 1 aliphatic rings. The summed E-state index contributed by atoms with van der Waals surface area (Å²) >= 11 is 0. The number of aliphatic hydroxyl groups excluding tert-OH is 1. The molecule has 1 amide bonds. The van der Waals surface area contributed by atoms with Crippen molar-refractivity contribution in [2.75, 3.05) is 43.4 Å². The fourth-order valence-corrected chi connectivity index (χ4v) is 2.00. The first-order valence-electron chi connectivity index (χ1n) is 5.70. The molecule has 1 aromatic rings. The molecule has 1 aliphatic heterocycles. The maximum absolute atomic E-state index is 11.3. The molecule has 1 fully saturated rings. The number of nitrogens with two attached hydrogens (primary N) is 1. The Balaban J connectivity index is 1.95. The van der Waals surface area contributed by atoms with Crippen molar-refractivity contribution in [3.05, 3.63) is 24.3 Å². The third-order valence-electron chi connectivity index (χ3n) is 3.03. The summed E-state index contributed by atoms with van der Waals surface area (Å²) in [5.41, 5.74) is 7.51. The molecule has 1 heterocycles. The largest absolute Gasteiger partial charge is 0.399 e. The lowest BCUT2D eigenvalue weighted by Gasteiger charge is -2.35. The molecule has 0 aromatic heterocycles. The van der Waals surface area contributed by atoms with Gasteiger partial charge in [-0.05, 0) is 24.3 Å². The minimum absolute atomic E-state index is 0.193. The summed E-state index contributed by atoms with van der Waals surface area (Å²) in [6, 6.07) is 7.72. The average Bonchev–Trinajstić information content (AvgIpc) is 2.39. The number of hydrogen-bond acceptors (Lipinski definition) is 4. The molecule has 0 aliphatic carbocycles. The number of rotatable bonds is 2. The molecule has 0 spiro atoms. The van der Waals surface area contributed by atoms with Gasteiger partial charge in [0.25, 0.3) is 0 Å². The Kier molecular flexibility index (Phi) is 3.49. The predicted molar refractivity (Wildman–Crippen MR) is 66.7 cm³/mol. The van der Waals surface area contributed by atoms with Gasteiger partial charge >= 0.3 is 0 Å². The third-order valence-corrected chi connectivity index (χ3v) is 3.03. The number of amides is 1. The van der Waals surface area contributed by atoms with Gasteiger partial charge < -0.3 is 20.6 Å². The highest BCUT2D eigenvalue weighted by molar-refractivity contribution is 5.77. The van der Waals surface area contributed by atoms with E-state index in [4.69, 9.17) is 10.8 Å². The second-order valence-corrected chi connectivity index (χ2v) is 4.12. The van der Waals surface area contributed by atoms with Gasteiger partial charge in [0.2, 0.25) is 5.91 Å². The summed E-state index contributed by atoms with van der Waals surface area (Å²) in [6.07, 6.45) is 0. The molecule has 0 bridgehead atoms. The van der Waals surface area contributed by atoms with E-state index in [1.807, 2.05) is 24.3 Å². The van der Waals surface area contributed by atoms with Crippen molar-refractivity contribution in [3.8, 4) is 0 Å². The standard InChI is InChI=1S/C12H17N3O2/c13-10-1-3-11(4-2-10)14-5-7-15(8-6-14)12(17)9-16/h1-4,16H,5-9,13H2. The maximum Gasteiger partial charge on any atom is 0.248 e. The molecule has 3 N–H and O–H groups in total. The summed E-state index contributed by atoms with van der Waals surface area (Å²) in [5, 5.41) is 8.78. The first-order chi connectivity index (χ1) is 8.20. The Morgan fingerprint density at radius 1 is 1.18 bits per heavy atom. The van der Waals surface area contributed by atoms with Crippen molar-refractivity contribution in [2.45, 2.75) is 0 Å². The molecule has 5 nitrogen and oxygen atoms in total. The summed E-state index contributed by atoms with van der Waals surface area (Å²) in [5.74, 6) is -0.193. The van der Waals surface area contributed by atoms with Crippen LogP contribution in [-0.2, 0) is 4.79 Å². The monoisotopic (exact) mass is 235 g/mol. The summed E-state index contributed by atoms with van der Waals surface area (Å²) < 4.78 is 0. The molecule has 0 unspecified atom stereocenters. The molecule has 5 heteroatoms. The van der Waals surface area contributed by atoms with E-state index in [0.717, 1.165) is 24.5 Å². The van der Waals surface area contributed by atoms with E-state index in [0.29, 0.717) is 13.1 Å². The smallest absolute Gasteiger partial charge is 0.248 e. The van der Waals surface area contributed by atoms with Crippen molar-refractivity contribution < 1.29 is 9.90 Å². The number of aliphatic hydroxyl groups is 1. The zero-order chi connectivity index (χ0) is 12.3. The van der Waals surface area contributed by atoms with Gasteiger partial charge in [0.1, 0.15) is 6.61 Å². The van der Waals surface area contributed by atoms with Gasteiger partial charge in [0, 0.05) is 37.6 Å². The van der Waals surface area contributed by atoms with Crippen LogP contribution in [0.1, 0.15) is 0 Å². The van der Waals surface area contributed by atoms with Gasteiger partial charge in [-0.2, -0.15) is 0 Å². The highest BCUT2D eigenvalue weighted by Gasteiger charge is 2.20. The van der Waals surface area contributed by atoms with Crippen LogP contribution in [0.5, 0.6) is 0 Å². The SMILES string of the molecule is Nc1ccc(N2CCN(C(=O)CO)CC2)cc1. The molecular weight excluding hydrogens is 218 g/mol. The molecule has 0 atom stereocenters. The molecule has 1 saturated heterocycles. The lowest BCUT2D eigenvalue weighted by molar-refractivity contribution is -0.134. The fraction of sp³-hybridized carbons (Fsp3) is 0.417. The van der Waals surface area contributed by atoms with Crippen molar-refractivity contribution in [2.24, 2.45) is 0 Å². The van der Waals surface area contributed by atoms with Crippen LogP contribution in [0.4, 0.5) is 11.4 Å². The van der Waals surface area contributed by atoms with Crippen LogP contribution in [0.3, 0.4) is 0 Å². The number of nitrogens with zero attached hydrogens (tertiary/aromatic N) is 2. The maximum atomic E-state index is 11.3. The van der Waals surface area contributed by atoms with Crippen LogP contribution < -0.4 is 10.6 Å². The van der Waals surface area contributed by atoms with Gasteiger partial charge in [-0.25, -0.2) is 0 Å². The first-order valence-corrected chi connectivity index (χ1v) is 5.70. The fourth-order valence-electron chi connectivity index (χ4n) is 2.00. The average molecular weight is 235 g/mol. The van der Waals surface area contributed by atoms with Crippen LogP contribution in [0.25, 0.3) is 0 Å². The van der Waals surface area contributed by atoms with Crippen LogP contribution in [0, 0.1) is 0 Å². The molecule has 2 rings (SSSR count). The number of anilines is 2. The van der Waals surface area contributed by atoms with E-state index in [-0.39, 0.29) is 5.91 Å². The summed E-state index contributed by atoms with van der Waals surface area (Å²) in [7, 11) is 0. The van der Waals surface area contributed by atoms with Crippen LogP contribution >= 0.6 is 0 Å². The number of piperazine rings is 1. The Hall–Kier alpha value is -1.75. The number of carbonyl (C=O) groups excluding carboxylic acids is 1. The van der Waals surface area contributed by atoms with E-state index in [1.54, 1.807) is 4.90 Å². The minimum Gasteiger partial charge on any atom is -0.399 e. The summed E-state index contributed by atoms with van der Waals surface area (Å²) in [6.45, 7) is 2.49. The van der Waals surface area contributed by atoms with Crippen molar-refractivity contribution in [3.63, 3.8) is 0 Å². The normalized spacial score (nSPS) is 16.1. The van der Waals surface area contributed by atoms with Crippen LogP contribution in [0.2, 0.25) is 0 Å². The van der Waals surface area contributed by atoms with E-state index >= 15 is 0 Å². The second kappa shape index (κ2) is 5.05. The molecule has 1 aromatic carbocycles.